The number of carbonyl (C=O) groups excluding carboxylic acids is 1. The molecule has 0 radical (unpaired) electrons. The van der Waals surface area contributed by atoms with Gasteiger partial charge in [0.15, 0.2) is 0 Å². The topological polar surface area (TPSA) is 50.2 Å². The van der Waals surface area contributed by atoms with Crippen molar-refractivity contribution in [3.05, 3.63) is 95.7 Å². The fraction of sp³-hybridized carbons (Fsp3) is 0.241. The van der Waals surface area contributed by atoms with Crippen LogP contribution in [-0.2, 0) is 6.18 Å². The SMILES string of the molecule is Cc1ccc(-c2nn(-c3ccccc3)cc2C(=O)Nc2cc(C(F)(F)F)ccc2N2CCCCC2)cc1.Cl. The normalized spacial score (nSPS) is 13.6. The number of nitrogens with one attached hydrogen (secondary N) is 1. The second kappa shape index (κ2) is 11.3. The number of hydrogen-bond acceptors (Lipinski definition) is 3. The number of alkyl halides is 3. The molecule has 5 nitrogen and oxygen atoms in total. The Balaban J connectivity index is 0.00000336. The Bertz CT molecular complexity index is 1400. The quantitative estimate of drug-likeness (QED) is 0.284. The molecule has 0 unspecified atom stereocenters. The molecule has 1 N–H and O–H groups in total. The molecule has 0 saturated carbocycles. The van der Waals surface area contributed by atoms with Crippen molar-refractivity contribution in [2.24, 2.45) is 0 Å². The first-order chi connectivity index (χ1) is 17.8. The van der Waals surface area contributed by atoms with Crippen molar-refractivity contribution < 1.29 is 18.0 Å². The van der Waals surface area contributed by atoms with Crippen LogP contribution in [0.3, 0.4) is 0 Å². The van der Waals surface area contributed by atoms with Crippen LogP contribution in [0, 0.1) is 6.92 Å². The molecule has 1 amide bonds. The van der Waals surface area contributed by atoms with Gasteiger partial charge in [-0.25, -0.2) is 4.68 Å². The molecule has 0 bridgehead atoms. The van der Waals surface area contributed by atoms with Gasteiger partial charge in [-0.1, -0.05) is 48.0 Å². The number of aromatic nitrogens is 2. The number of hydrogen-bond donors (Lipinski definition) is 1. The monoisotopic (exact) mass is 540 g/mol. The number of aryl methyl sites for hydroxylation is 1. The summed E-state index contributed by atoms with van der Waals surface area (Å²) in [5.41, 5.74) is 3.23. The highest BCUT2D eigenvalue weighted by atomic mass is 35.5. The lowest BCUT2D eigenvalue weighted by atomic mass is 10.1. The van der Waals surface area contributed by atoms with Crippen LogP contribution in [-0.4, -0.2) is 28.8 Å². The van der Waals surface area contributed by atoms with Crippen LogP contribution in [0.25, 0.3) is 16.9 Å². The van der Waals surface area contributed by atoms with Gasteiger partial charge < -0.3 is 10.2 Å². The Labute approximate surface area is 225 Å². The molecule has 1 aromatic heterocycles. The summed E-state index contributed by atoms with van der Waals surface area (Å²) in [5.74, 6) is -0.518. The Hall–Kier alpha value is -3.78. The number of anilines is 2. The van der Waals surface area contributed by atoms with Crippen molar-refractivity contribution in [2.75, 3.05) is 23.3 Å². The van der Waals surface area contributed by atoms with Crippen molar-refractivity contribution in [2.45, 2.75) is 32.4 Å². The zero-order valence-corrected chi connectivity index (χ0v) is 21.6. The van der Waals surface area contributed by atoms with Gasteiger partial charge in [-0.05, 0) is 56.5 Å². The fourth-order valence-electron chi connectivity index (χ4n) is 4.59. The highest BCUT2D eigenvalue weighted by Gasteiger charge is 2.32. The predicted octanol–water partition coefficient (Wildman–Crippen LogP) is 7.53. The summed E-state index contributed by atoms with van der Waals surface area (Å²) in [5, 5.41) is 7.47. The fourth-order valence-corrected chi connectivity index (χ4v) is 4.59. The Morgan fingerprint density at radius 3 is 2.26 bits per heavy atom. The summed E-state index contributed by atoms with van der Waals surface area (Å²) in [7, 11) is 0. The van der Waals surface area contributed by atoms with Crippen LogP contribution >= 0.6 is 12.4 Å². The Morgan fingerprint density at radius 1 is 0.921 bits per heavy atom. The number of benzene rings is 3. The molecule has 1 aliphatic rings. The van der Waals surface area contributed by atoms with Gasteiger partial charge in [0.1, 0.15) is 5.69 Å². The molecule has 2 heterocycles. The largest absolute Gasteiger partial charge is 0.416 e. The smallest absolute Gasteiger partial charge is 0.370 e. The van der Waals surface area contributed by atoms with E-state index in [1.54, 1.807) is 10.9 Å². The van der Waals surface area contributed by atoms with E-state index in [2.05, 4.69) is 10.4 Å². The van der Waals surface area contributed by atoms with E-state index in [-0.39, 0.29) is 23.7 Å². The van der Waals surface area contributed by atoms with Crippen LogP contribution in [0.15, 0.2) is 79.0 Å². The maximum absolute atomic E-state index is 13.7. The number of amides is 1. The van der Waals surface area contributed by atoms with Crippen LogP contribution in [0.1, 0.15) is 40.7 Å². The molecule has 1 aliphatic heterocycles. The van der Waals surface area contributed by atoms with E-state index in [9.17, 15) is 18.0 Å². The van der Waals surface area contributed by atoms with Crippen LogP contribution in [0.2, 0.25) is 0 Å². The number of rotatable bonds is 5. The third-order valence-corrected chi connectivity index (χ3v) is 6.57. The van der Waals surface area contributed by atoms with Gasteiger partial charge in [-0.3, -0.25) is 4.79 Å². The van der Waals surface area contributed by atoms with E-state index < -0.39 is 17.6 Å². The molecular weight excluding hydrogens is 513 g/mol. The first kappa shape index (κ1) is 27.3. The maximum atomic E-state index is 13.7. The maximum Gasteiger partial charge on any atom is 0.416 e. The highest BCUT2D eigenvalue weighted by molar-refractivity contribution is 6.09. The lowest BCUT2D eigenvalue weighted by molar-refractivity contribution is -0.137. The van der Waals surface area contributed by atoms with Gasteiger partial charge in [0.25, 0.3) is 5.91 Å². The minimum atomic E-state index is -4.52. The van der Waals surface area contributed by atoms with Gasteiger partial charge in [-0.15, -0.1) is 12.4 Å². The molecule has 4 aromatic rings. The number of nitrogens with zero attached hydrogens (tertiary/aromatic N) is 3. The van der Waals surface area contributed by atoms with E-state index in [0.29, 0.717) is 11.4 Å². The van der Waals surface area contributed by atoms with Crippen molar-refractivity contribution in [3.63, 3.8) is 0 Å². The summed E-state index contributed by atoms with van der Waals surface area (Å²) in [6.07, 6.45) is 0.0856. The van der Waals surface area contributed by atoms with Crippen LogP contribution < -0.4 is 10.2 Å². The van der Waals surface area contributed by atoms with E-state index in [1.807, 2.05) is 66.4 Å². The van der Waals surface area contributed by atoms with Crippen molar-refractivity contribution in [3.8, 4) is 16.9 Å². The van der Waals surface area contributed by atoms with E-state index in [0.717, 1.165) is 61.3 Å². The molecule has 38 heavy (non-hydrogen) atoms. The predicted molar refractivity (Wildman–Crippen MR) is 146 cm³/mol. The van der Waals surface area contributed by atoms with Gasteiger partial charge in [0.2, 0.25) is 0 Å². The van der Waals surface area contributed by atoms with Gasteiger partial charge in [-0.2, -0.15) is 18.3 Å². The van der Waals surface area contributed by atoms with Crippen LogP contribution in [0.4, 0.5) is 24.5 Å². The van der Waals surface area contributed by atoms with Crippen LogP contribution in [0.5, 0.6) is 0 Å². The molecule has 3 aromatic carbocycles. The van der Waals surface area contributed by atoms with Gasteiger partial charge in [0.05, 0.1) is 28.2 Å². The highest BCUT2D eigenvalue weighted by Crippen LogP contribution is 2.37. The molecular formula is C29H28ClF3N4O. The first-order valence-electron chi connectivity index (χ1n) is 12.3. The third-order valence-electron chi connectivity index (χ3n) is 6.57. The summed E-state index contributed by atoms with van der Waals surface area (Å²) in [6, 6.07) is 20.5. The summed E-state index contributed by atoms with van der Waals surface area (Å²) < 4.78 is 42.3. The zero-order valence-electron chi connectivity index (χ0n) is 20.8. The first-order valence-corrected chi connectivity index (χ1v) is 12.3. The number of carbonyl (C=O) groups is 1. The number of piperidine rings is 1. The number of halogens is 4. The zero-order chi connectivity index (χ0) is 26.0. The standard InChI is InChI=1S/C29H27F3N4O.ClH/c1-20-10-12-21(13-11-20)27-24(19-36(34-27)23-8-4-2-5-9-23)28(37)33-25-18-22(29(30,31)32)14-15-26(25)35-16-6-3-7-17-35;/h2,4-5,8-15,18-19H,3,6-7,16-17H2,1H3,(H,33,37);1H. The summed E-state index contributed by atoms with van der Waals surface area (Å²) in [6.45, 7) is 3.43. The van der Waals surface area contributed by atoms with Crippen molar-refractivity contribution in [1.82, 2.24) is 9.78 Å². The Kier molecular flexibility index (Phi) is 8.11. The minimum Gasteiger partial charge on any atom is -0.370 e. The Morgan fingerprint density at radius 2 is 1.61 bits per heavy atom. The lowest BCUT2D eigenvalue weighted by Gasteiger charge is -2.31. The third kappa shape index (κ3) is 5.86. The van der Waals surface area contributed by atoms with Gasteiger partial charge in [0, 0.05) is 24.8 Å². The molecule has 0 spiro atoms. The molecule has 1 fully saturated rings. The molecule has 0 aliphatic carbocycles. The lowest BCUT2D eigenvalue weighted by Crippen LogP contribution is -2.30. The molecule has 0 atom stereocenters. The van der Waals surface area contributed by atoms with Crippen molar-refractivity contribution in [1.29, 1.82) is 0 Å². The summed E-state index contributed by atoms with van der Waals surface area (Å²) >= 11 is 0. The molecule has 1 saturated heterocycles. The van der Waals surface area contributed by atoms with Gasteiger partial charge >= 0.3 is 6.18 Å². The molecule has 5 rings (SSSR count). The summed E-state index contributed by atoms with van der Waals surface area (Å²) in [4.78, 5) is 15.7. The average molecular weight is 541 g/mol. The number of para-hydroxylation sites is 1. The van der Waals surface area contributed by atoms with E-state index in [4.69, 9.17) is 0 Å². The molecule has 9 heteroatoms. The average Bonchev–Trinajstić information content (AvgIpc) is 3.35. The second-order valence-corrected chi connectivity index (χ2v) is 9.27. The minimum absolute atomic E-state index is 0. The molecule has 198 valence electrons. The van der Waals surface area contributed by atoms with E-state index in [1.165, 1.54) is 6.07 Å². The van der Waals surface area contributed by atoms with E-state index >= 15 is 0 Å². The second-order valence-electron chi connectivity index (χ2n) is 9.27. The van der Waals surface area contributed by atoms with Crippen molar-refractivity contribution >= 4 is 29.7 Å².